The maximum absolute atomic E-state index is 5.47. The van der Waals surface area contributed by atoms with Crippen LogP contribution in [0.5, 0.6) is 11.5 Å². The van der Waals surface area contributed by atoms with Crippen LogP contribution < -0.4 is 9.47 Å². The molecule has 1 aliphatic heterocycles. The highest BCUT2D eigenvalue weighted by molar-refractivity contribution is 7.98. The van der Waals surface area contributed by atoms with E-state index in [9.17, 15) is 0 Å². The second kappa shape index (κ2) is 7.16. The monoisotopic (exact) mass is 400 g/mol. The topological polar surface area (TPSA) is 62.1 Å². The standard InChI is InChI=1S/C19H20N4O2S2/c1-2-7-23-17(12-3-4-12)21-22-19(23)27-10-14-9-26-18(20-14)13-5-6-15-16(8-13)25-11-24-15/h5-6,8-9,12H,2-4,7,10-11H2,1H3. The van der Waals surface area contributed by atoms with Crippen LogP contribution in [-0.2, 0) is 12.3 Å². The zero-order chi connectivity index (χ0) is 18.2. The van der Waals surface area contributed by atoms with Gasteiger partial charge in [0.1, 0.15) is 10.8 Å². The van der Waals surface area contributed by atoms with Crippen molar-refractivity contribution in [3.63, 3.8) is 0 Å². The molecule has 1 aromatic carbocycles. The summed E-state index contributed by atoms with van der Waals surface area (Å²) in [5, 5.41) is 13.0. The lowest BCUT2D eigenvalue weighted by atomic mass is 10.2. The Kier molecular flexibility index (Phi) is 4.53. The van der Waals surface area contributed by atoms with Gasteiger partial charge in [-0.15, -0.1) is 21.5 Å². The van der Waals surface area contributed by atoms with Gasteiger partial charge in [-0.1, -0.05) is 18.7 Å². The summed E-state index contributed by atoms with van der Waals surface area (Å²) >= 11 is 3.38. The van der Waals surface area contributed by atoms with Crippen LogP contribution in [0.25, 0.3) is 10.6 Å². The number of nitrogens with zero attached hydrogens (tertiary/aromatic N) is 4. The normalized spacial score (nSPS) is 15.4. The van der Waals surface area contributed by atoms with E-state index in [0.29, 0.717) is 12.7 Å². The number of thioether (sulfide) groups is 1. The number of rotatable bonds is 7. The third-order valence-corrected chi connectivity index (χ3v) is 6.60. The third kappa shape index (κ3) is 3.43. The smallest absolute Gasteiger partial charge is 0.231 e. The highest BCUT2D eigenvalue weighted by Gasteiger charge is 2.30. The molecule has 0 saturated heterocycles. The molecule has 2 aliphatic rings. The minimum atomic E-state index is 0.292. The lowest BCUT2D eigenvalue weighted by molar-refractivity contribution is 0.174. The van der Waals surface area contributed by atoms with Crippen LogP contribution in [0.2, 0.25) is 0 Å². The van der Waals surface area contributed by atoms with Crippen LogP contribution in [0, 0.1) is 0 Å². The molecule has 1 saturated carbocycles. The SMILES string of the molecule is CCCn1c(SCc2csc(-c3ccc4c(c3)OCO4)n2)nnc1C1CC1. The fourth-order valence-electron chi connectivity index (χ4n) is 3.16. The largest absolute Gasteiger partial charge is 0.454 e. The van der Waals surface area contributed by atoms with E-state index in [1.54, 1.807) is 23.1 Å². The van der Waals surface area contributed by atoms with Gasteiger partial charge >= 0.3 is 0 Å². The number of aromatic nitrogens is 4. The van der Waals surface area contributed by atoms with Crippen molar-refractivity contribution >= 4 is 23.1 Å². The summed E-state index contributed by atoms with van der Waals surface area (Å²) in [4.78, 5) is 4.79. The summed E-state index contributed by atoms with van der Waals surface area (Å²) in [6.07, 6.45) is 3.59. The first kappa shape index (κ1) is 17.1. The summed E-state index contributed by atoms with van der Waals surface area (Å²) in [5.41, 5.74) is 2.13. The van der Waals surface area contributed by atoms with Gasteiger partial charge in [0, 0.05) is 29.2 Å². The molecule has 140 valence electrons. The van der Waals surface area contributed by atoms with Crippen molar-refractivity contribution in [2.24, 2.45) is 0 Å². The van der Waals surface area contributed by atoms with Crippen molar-refractivity contribution in [2.45, 2.75) is 49.6 Å². The second-order valence-corrected chi connectivity index (χ2v) is 8.57. The van der Waals surface area contributed by atoms with Crippen molar-refractivity contribution in [3.05, 3.63) is 35.1 Å². The molecule has 1 aliphatic carbocycles. The average molecular weight is 401 g/mol. The molecule has 27 heavy (non-hydrogen) atoms. The molecule has 2 aromatic heterocycles. The highest BCUT2D eigenvalue weighted by atomic mass is 32.2. The Labute approximate surface area is 165 Å². The van der Waals surface area contributed by atoms with E-state index in [4.69, 9.17) is 14.5 Å². The number of thiazole rings is 1. The molecule has 8 heteroatoms. The van der Waals surface area contributed by atoms with Crippen molar-refractivity contribution in [1.29, 1.82) is 0 Å². The minimum absolute atomic E-state index is 0.292. The lowest BCUT2D eigenvalue weighted by Gasteiger charge is -2.07. The van der Waals surface area contributed by atoms with E-state index in [0.717, 1.165) is 51.6 Å². The van der Waals surface area contributed by atoms with E-state index < -0.39 is 0 Å². The van der Waals surface area contributed by atoms with Gasteiger partial charge in [-0.25, -0.2) is 4.98 Å². The lowest BCUT2D eigenvalue weighted by Crippen LogP contribution is -2.04. The molecule has 1 fully saturated rings. The predicted molar refractivity (Wildman–Crippen MR) is 106 cm³/mol. The molecular weight excluding hydrogens is 380 g/mol. The number of fused-ring (bicyclic) bond motifs is 1. The number of hydrogen-bond acceptors (Lipinski definition) is 7. The molecule has 5 rings (SSSR count). The van der Waals surface area contributed by atoms with Crippen molar-refractivity contribution < 1.29 is 9.47 Å². The molecule has 3 heterocycles. The quantitative estimate of drug-likeness (QED) is 0.535. The molecular formula is C19H20N4O2S2. The van der Waals surface area contributed by atoms with E-state index in [1.807, 2.05) is 18.2 Å². The van der Waals surface area contributed by atoms with Crippen LogP contribution in [0.4, 0.5) is 0 Å². The van der Waals surface area contributed by atoms with E-state index in [1.165, 1.54) is 18.7 Å². The Morgan fingerprint density at radius 1 is 1.22 bits per heavy atom. The highest BCUT2D eigenvalue weighted by Crippen LogP contribution is 2.40. The van der Waals surface area contributed by atoms with Crippen LogP contribution in [-0.4, -0.2) is 26.5 Å². The predicted octanol–water partition coefficient (Wildman–Crippen LogP) is 4.71. The van der Waals surface area contributed by atoms with E-state index in [-0.39, 0.29) is 0 Å². The van der Waals surface area contributed by atoms with Gasteiger partial charge < -0.3 is 14.0 Å². The zero-order valence-electron chi connectivity index (χ0n) is 15.1. The fourth-order valence-corrected chi connectivity index (χ4v) is 4.94. The Morgan fingerprint density at radius 2 is 2.11 bits per heavy atom. The summed E-state index contributed by atoms with van der Waals surface area (Å²) in [5.74, 6) is 4.17. The molecule has 0 amide bonds. The van der Waals surface area contributed by atoms with Gasteiger partial charge in [0.25, 0.3) is 0 Å². The molecule has 0 bridgehead atoms. The molecule has 0 atom stereocenters. The van der Waals surface area contributed by atoms with Gasteiger partial charge in [-0.3, -0.25) is 0 Å². The zero-order valence-corrected chi connectivity index (χ0v) is 16.7. The Balaban J connectivity index is 1.30. The van der Waals surface area contributed by atoms with E-state index in [2.05, 4.69) is 27.1 Å². The number of benzene rings is 1. The third-order valence-electron chi connectivity index (χ3n) is 4.66. The summed E-state index contributed by atoms with van der Waals surface area (Å²) in [6.45, 7) is 3.48. The molecule has 0 unspecified atom stereocenters. The van der Waals surface area contributed by atoms with Gasteiger partial charge in [-0.05, 0) is 37.5 Å². The van der Waals surface area contributed by atoms with Crippen molar-refractivity contribution in [2.75, 3.05) is 6.79 Å². The van der Waals surface area contributed by atoms with Crippen LogP contribution in [0.15, 0.2) is 28.7 Å². The molecule has 0 N–H and O–H groups in total. The Hall–Kier alpha value is -2.06. The maximum Gasteiger partial charge on any atom is 0.231 e. The first-order chi connectivity index (χ1) is 13.3. The van der Waals surface area contributed by atoms with Crippen LogP contribution >= 0.6 is 23.1 Å². The maximum atomic E-state index is 5.47. The van der Waals surface area contributed by atoms with Crippen LogP contribution in [0.1, 0.15) is 43.6 Å². The molecule has 6 nitrogen and oxygen atoms in total. The number of ether oxygens (including phenoxy) is 2. The van der Waals surface area contributed by atoms with Crippen LogP contribution in [0.3, 0.4) is 0 Å². The van der Waals surface area contributed by atoms with Gasteiger partial charge in [-0.2, -0.15) is 0 Å². The van der Waals surface area contributed by atoms with Crippen molar-refractivity contribution in [1.82, 2.24) is 19.7 Å². The minimum Gasteiger partial charge on any atom is -0.454 e. The molecule has 0 radical (unpaired) electrons. The molecule has 0 spiro atoms. The van der Waals surface area contributed by atoms with Gasteiger partial charge in [0.05, 0.1) is 5.69 Å². The van der Waals surface area contributed by atoms with E-state index >= 15 is 0 Å². The fraction of sp³-hybridized carbons (Fsp3) is 0.421. The summed E-state index contributed by atoms with van der Waals surface area (Å²) < 4.78 is 13.1. The van der Waals surface area contributed by atoms with Gasteiger partial charge in [0.2, 0.25) is 6.79 Å². The first-order valence-electron chi connectivity index (χ1n) is 9.22. The van der Waals surface area contributed by atoms with Crippen molar-refractivity contribution in [3.8, 4) is 22.1 Å². The van der Waals surface area contributed by atoms with Gasteiger partial charge in [0.15, 0.2) is 16.7 Å². The summed E-state index contributed by atoms with van der Waals surface area (Å²) in [7, 11) is 0. The Morgan fingerprint density at radius 3 is 2.96 bits per heavy atom. The molecule has 3 aromatic rings. The Bertz CT molecular complexity index is 965. The average Bonchev–Trinajstić information content (AvgIpc) is 3.09. The number of hydrogen-bond donors (Lipinski definition) is 0. The second-order valence-electron chi connectivity index (χ2n) is 6.77. The first-order valence-corrected chi connectivity index (χ1v) is 11.1. The summed E-state index contributed by atoms with van der Waals surface area (Å²) in [6, 6.07) is 5.97.